The fourth-order valence-corrected chi connectivity index (χ4v) is 3.09. The summed E-state index contributed by atoms with van der Waals surface area (Å²) >= 11 is 6.01. The Morgan fingerprint density at radius 2 is 1.75 bits per heavy atom. The summed E-state index contributed by atoms with van der Waals surface area (Å²) in [4.78, 5) is 0. The van der Waals surface area contributed by atoms with Gasteiger partial charge in [-0.3, -0.25) is 0 Å². The van der Waals surface area contributed by atoms with E-state index in [1.54, 1.807) is 7.11 Å². The molecule has 28 heavy (non-hydrogen) atoms. The van der Waals surface area contributed by atoms with Gasteiger partial charge in [0.05, 0.1) is 13.2 Å². The van der Waals surface area contributed by atoms with Gasteiger partial charge >= 0.3 is 0 Å². The number of benzene rings is 3. The maximum atomic E-state index is 10.2. The predicted molar refractivity (Wildman–Crippen MR) is 112 cm³/mol. The number of aliphatic hydroxyl groups is 1. The molecule has 0 aliphatic carbocycles. The highest BCUT2D eigenvalue weighted by molar-refractivity contribution is 6.30. The Labute approximate surface area is 170 Å². The Balaban J connectivity index is 1.55. The molecule has 0 fully saturated rings. The standard InChI is InChI=1S/C23H24ClNO3/c1-27-23-13-17(14-25-15-21(26)19-7-3-2-4-8-19)10-11-22(23)28-16-18-6-5-9-20(24)12-18/h2-13,21,25-26H,14-16H2,1H3/t21-/m0/s1. The van der Waals surface area contributed by atoms with Crippen molar-refractivity contribution in [3.63, 3.8) is 0 Å². The van der Waals surface area contributed by atoms with Crippen molar-refractivity contribution in [1.29, 1.82) is 0 Å². The van der Waals surface area contributed by atoms with E-state index in [4.69, 9.17) is 21.1 Å². The Hall–Kier alpha value is -2.53. The van der Waals surface area contributed by atoms with Crippen LogP contribution in [0.4, 0.5) is 0 Å². The van der Waals surface area contributed by atoms with E-state index in [0.717, 1.165) is 16.7 Å². The first-order valence-corrected chi connectivity index (χ1v) is 9.51. The maximum absolute atomic E-state index is 10.2. The molecule has 0 amide bonds. The minimum absolute atomic E-state index is 0.414. The summed E-state index contributed by atoms with van der Waals surface area (Å²) in [7, 11) is 1.62. The summed E-state index contributed by atoms with van der Waals surface area (Å²) in [5, 5.41) is 14.2. The average Bonchev–Trinajstić information content (AvgIpc) is 2.73. The van der Waals surface area contributed by atoms with Gasteiger partial charge in [-0.1, -0.05) is 60.1 Å². The fourth-order valence-electron chi connectivity index (χ4n) is 2.88. The third kappa shape index (κ3) is 5.73. The van der Waals surface area contributed by atoms with Crippen molar-refractivity contribution in [2.45, 2.75) is 19.3 Å². The number of hydrogen-bond donors (Lipinski definition) is 2. The molecule has 146 valence electrons. The van der Waals surface area contributed by atoms with Crippen molar-refractivity contribution in [2.75, 3.05) is 13.7 Å². The Morgan fingerprint density at radius 3 is 2.50 bits per heavy atom. The largest absolute Gasteiger partial charge is 0.493 e. The van der Waals surface area contributed by atoms with Crippen molar-refractivity contribution in [2.24, 2.45) is 0 Å². The summed E-state index contributed by atoms with van der Waals surface area (Å²) in [5.41, 5.74) is 2.94. The molecular weight excluding hydrogens is 374 g/mol. The quantitative estimate of drug-likeness (QED) is 0.547. The number of hydrogen-bond acceptors (Lipinski definition) is 4. The minimum Gasteiger partial charge on any atom is -0.493 e. The van der Waals surface area contributed by atoms with E-state index in [1.807, 2.05) is 72.8 Å². The lowest BCUT2D eigenvalue weighted by Gasteiger charge is -2.14. The molecule has 2 N–H and O–H groups in total. The van der Waals surface area contributed by atoms with Crippen molar-refractivity contribution in [1.82, 2.24) is 5.32 Å². The molecule has 5 heteroatoms. The Bertz CT molecular complexity index is 886. The van der Waals surface area contributed by atoms with Crippen LogP contribution in [0.5, 0.6) is 11.5 Å². The number of rotatable bonds is 9. The van der Waals surface area contributed by atoms with Gasteiger partial charge in [-0.05, 0) is 41.0 Å². The molecule has 3 aromatic carbocycles. The van der Waals surface area contributed by atoms with E-state index in [-0.39, 0.29) is 0 Å². The monoisotopic (exact) mass is 397 g/mol. The molecule has 0 aliphatic rings. The average molecular weight is 398 g/mol. The first-order chi connectivity index (χ1) is 13.7. The summed E-state index contributed by atoms with van der Waals surface area (Å²) in [5.74, 6) is 1.35. The zero-order chi connectivity index (χ0) is 19.8. The summed E-state index contributed by atoms with van der Waals surface area (Å²) in [6.07, 6.45) is -0.539. The van der Waals surface area contributed by atoms with Crippen LogP contribution in [0, 0.1) is 0 Å². The van der Waals surface area contributed by atoms with Gasteiger partial charge in [0.1, 0.15) is 6.61 Å². The van der Waals surface area contributed by atoms with E-state index in [9.17, 15) is 5.11 Å². The first-order valence-electron chi connectivity index (χ1n) is 9.13. The Kier molecular flexibility index (Phi) is 7.31. The van der Waals surface area contributed by atoms with Crippen LogP contribution in [0.25, 0.3) is 0 Å². The van der Waals surface area contributed by atoms with Gasteiger partial charge in [0.2, 0.25) is 0 Å². The highest BCUT2D eigenvalue weighted by Gasteiger charge is 2.09. The second-order valence-electron chi connectivity index (χ2n) is 6.46. The van der Waals surface area contributed by atoms with Gasteiger partial charge in [-0.25, -0.2) is 0 Å². The molecule has 1 atom stereocenters. The lowest BCUT2D eigenvalue weighted by molar-refractivity contribution is 0.174. The topological polar surface area (TPSA) is 50.7 Å². The molecule has 0 aromatic heterocycles. The predicted octanol–water partition coefficient (Wildman–Crippen LogP) is 4.75. The van der Waals surface area contributed by atoms with E-state index in [2.05, 4.69) is 5.32 Å². The molecule has 0 saturated carbocycles. The number of ether oxygens (including phenoxy) is 2. The fraction of sp³-hybridized carbons (Fsp3) is 0.217. The van der Waals surface area contributed by atoms with Gasteiger partial charge in [0.25, 0.3) is 0 Å². The highest BCUT2D eigenvalue weighted by atomic mass is 35.5. The van der Waals surface area contributed by atoms with Crippen LogP contribution < -0.4 is 14.8 Å². The smallest absolute Gasteiger partial charge is 0.161 e. The molecule has 4 nitrogen and oxygen atoms in total. The van der Waals surface area contributed by atoms with Gasteiger partial charge in [0, 0.05) is 18.1 Å². The molecule has 0 aliphatic heterocycles. The van der Waals surface area contributed by atoms with Crippen LogP contribution in [-0.2, 0) is 13.2 Å². The molecular formula is C23H24ClNO3. The van der Waals surface area contributed by atoms with Gasteiger partial charge < -0.3 is 19.9 Å². The zero-order valence-corrected chi connectivity index (χ0v) is 16.5. The maximum Gasteiger partial charge on any atom is 0.161 e. The van der Waals surface area contributed by atoms with Crippen molar-refractivity contribution in [3.05, 3.63) is 94.5 Å². The normalized spacial score (nSPS) is 11.8. The number of methoxy groups -OCH3 is 1. The zero-order valence-electron chi connectivity index (χ0n) is 15.8. The van der Waals surface area contributed by atoms with Gasteiger partial charge in [0.15, 0.2) is 11.5 Å². The second-order valence-corrected chi connectivity index (χ2v) is 6.90. The third-order valence-corrected chi connectivity index (χ3v) is 4.60. The minimum atomic E-state index is -0.539. The van der Waals surface area contributed by atoms with E-state index in [0.29, 0.717) is 36.2 Å². The second kappa shape index (κ2) is 10.1. The van der Waals surface area contributed by atoms with Crippen LogP contribution in [0.3, 0.4) is 0 Å². The lowest BCUT2D eigenvalue weighted by Crippen LogP contribution is -2.21. The van der Waals surface area contributed by atoms with Crippen molar-refractivity contribution < 1.29 is 14.6 Å². The molecule has 0 spiro atoms. The summed E-state index contributed by atoms with van der Waals surface area (Å²) in [6.45, 7) is 1.51. The van der Waals surface area contributed by atoms with Crippen LogP contribution in [0.15, 0.2) is 72.8 Å². The first kappa shape index (κ1) is 20.2. The van der Waals surface area contributed by atoms with Gasteiger partial charge in [-0.2, -0.15) is 0 Å². The van der Waals surface area contributed by atoms with Crippen LogP contribution >= 0.6 is 11.6 Å². The highest BCUT2D eigenvalue weighted by Crippen LogP contribution is 2.29. The van der Waals surface area contributed by atoms with Crippen LogP contribution in [0.2, 0.25) is 5.02 Å². The van der Waals surface area contributed by atoms with Crippen LogP contribution in [0.1, 0.15) is 22.8 Å². The lowest BCUT2D eigenvalue weighted by atomic mass is 10.1. The molecule has 0 heterocycles. The SMILES string of the molecule is COc1cc(CNC[C@H](O)c2ccccc2)ccc1OCc1cccc(Cl)c1. The van der Waals surface area contributed by atoms with Crippen LogP contribution in [-0.4, -0.2) is 18.8 Å². The van der Waals surface area contributed by atoms with E-state index >= 15 is 0 Å². The van der Waals surface area contributed by atoms with E-state index < -0.39 is 6.10 Å². The van der Waals surface area contributed by atoms with Crippen molar-refractivity contribution in [3.8, 4) is 11.5 Å². The summed E-state index contributed by atoms with van der Waals surface area (Å²) < 4.78 is 11.3. The van der Waals surface area contributed by atoms with Gasteiger partial charge in [-0.15, -0.1) is 0 Å². The number of halogens is 1. The molecule has 0 radical (unpaired) electrons. The number of nitrogens with one attached hydrogen (secondary N) is 1. The third-order valence-electron chi connectivity index (χ3n) is 4.36. The Morgan fingerprint density at radius 1 is 0.929 bits per heavy atom. The summed E-state index contributed by atoms with van der Waals surface area (Å²) in [6, 6.07) is 23.0. The molecule has 0 bridgehead atoms. The molecule has 3 rings (SSSR count). The molecule has 0 saturated heterocycles. The van der Waals surface area contributed by atoms with E-state index in [1.165, 1.54) is 0 Å². The molecule has 0 unspecified atom stereocenters. The van der Waals surface area contributed by atoms with Crippen molar-refractivity contribution >= 4 is 11.6 Å². The number of aliphatic hydroxyl groups excluding tert-OH is 1. The molecule has 3 aromatic rings.